The van der Waals surface area contributed by atoms with Gasteiger partial charge in [0.25, 0.3) is 0 Å². The number of carbonyl (C=O) groups is 1. The maximum atomic E-state index is 13.7. The highest BCUT2D eigenvalue weighted by atomic mass is 79.9. The molecule has 0 aliphatic rings. The highest BCUT2D eigenvalue weighted by molar-refractivity contribution is 9.10. The van der Waals surface area contributed by atoms with Crippen LogP contribution in [0.15, 0.2) is 69.6 Å². The van der Waals surface area contributed by atoms with Crippen molar-refractivity contribution in [2.24, 2.45) is 0 Å². The van der Waals surface area contributed by atoms with Crippen molar-refractivity contribution in [3.63, 3.8) is 0 Å². The van der Waals surface area contributed by atoms with Crippen molar-refractivity contribution in [3.8, 4) is 0 Å². The van der Waals surface area contributed by atoms with E-state index in [1.165, 1.54) is 0 Å². The van der Waals surface area contributed by atoms with Crippen LogP contribution in [-0.2, 0) is 4.79 Å². The van der Waals surface area contributed by atoms with Crippen LogP contribution in [0.25, 0.3) is 11.1 Å². The molecule has 0 radical (unpaired) electrons. The van der Waals surface area contributed by atoms with Gasteiger partial charge >= 0.3 is 0 Å². The minimum Gasteiger partial charge on any atom is -0.306 e. The molecule has 0 unspecified atom stereocenters. The molecule has 0 aliphatic carbocycles. The molecule has 0 amide bonds. The van der Waals surface area contributed by atoms with Gasteiger partial charge in [0.1, 0.15) is 0 Å². The lowest BCUT2D eigenvalue weighted by atomic mass is 9.92. The molecule has 0 spiro atoms. The van der Waals surface area contributed by atoms with Crippen molar-refractivity contribution in [2.45, 2.75) is 0 Å². The van der Waals surface area contributed by atoms with Gasteiger partial charge in [-0.15, -0.1) is 0 Å². The number of rotatable bonds is 8. The van der Waals surface area contributed by atoms with Gasteiger partial charge in [0.05, 0.1) is 0 Å². The highest BCUT2D eigenvalue weighted by Crippen LogP contribution is 2.28. The molecule has 0 heterocycles. The fourth-order valence-corrected chi connectivity index (χ4v) is 3.49. The second-order valence-electron chi connectivity index (χ2n) is 7.11. The normalized spacial score (nSPS) is 12.7. The quantitative estimate of drug-likeness (QED) is 0.450. The van der Waals surface area contributed by atoms with Gasteiger partial charge in [-0.2, -0.15) is 0 Å². The first-order valence-electron chi connectivity index (χ1n) is 9.04. The Morgan fingerprint density at radius 2 is 1.18 bits per heavy atom. The Hall–Kier alpha value is -1.53. The molecule has 0 saturated heterocycles. The summed E-state index contributed by atoms with van der Waals surface area (Å²) in [6, 6.07) is 15.8. The van der Waals surface area contributed by atoms with Gasteiger partial charge in [-0.25, -0.2) is 0 Å². The van der Waals surface area contributed by atoms with Gasteiger partial charge in [-0.05, 0) is 63.6 Å². The largest absolute Gasteiger partial charge is 0.306 e. The molecule has 0 aliphatic heterocycles. The summed E-state index contributed by atoms with van der Waals surface area (Å²) in [5.41, 5.74) is 3.24. The molecular weight excluding hydrogens is 480 g/mol. The standard InChI is InChI=1S/C23H26Br2N2O/c1-26(2)13-11-21(17-7-5-9-19(24)15-17)23(28)22(12-14-27(3)4)18-8-6-10-20(25)16-18/h5-12,15-16H,13-14H2,1-4H3. The molecule has 2 aromatic carbocycles. The topological polar surface area (TPSA) is 23.6 Å². The third kappa shape index (κ3) is 6.82. The third-order valence-corrected chi connectivity index (χ3v) is 5.07. The molecule has 0 atom stereocenters. The van der Waals surface area contributed by atoms with Crippen LogP contribution >= 0.6 is 31.9 Å². The predicted molar refractivity (Wildman–Crippen MR) is 126 cm³/mol. The average Bonchev–Trinajstić information content (AvgIpc) is 2.61. The van der Waals surface area contributed by atoms with E-state index in [0.717, 1.165) is 20.1 Å². The first-order valence-corrected chi connectivity index (χ1v) is 10.6. The number of nitrogens with zero attached hydrogens (tertiary/aromatic N) is 2. The zero-order valence-corrected chi connectivity index (χ0v) is 19.9. The number of likely N-dealkylation sites (N-methyl/N-ethyl adjacent to an activating group) is 2. The number of allylic oxidation sites excluding steroid dienone is 2. The van der Waals surface area contributed by atoms with Crippen LogP contribution in [0.3, 0.4) is 0 Å². The van der Waals surface area contributed by atoms with Crippen molar-refractivity contribution in [1.82, 2.24) is 9.80 Å². The molecule has 0 N–H and O–H groups in total. The van der Waals surface area contributed by atoms with Crippen LogP contribution in [-0.4, -0.2) is 56.9 Å². The van der Waals surface area contributed by atoms with E-state index in [0.29, 0.717) is 24.2 Å². The maximum Gasteiger partial charge on any atom is 0.193 e. The highest BCUT2D eigenvalue weighted by Gasteiger charge is 2.19. The van der Waals surface area contributed by atoms with Gasteiger partial charge < -0.3 is 9.80 Å². The van der Waals surface area contributed by atoms with Gasteiger partial charge in [0, 0.05) is 33.2 Å². The fourth-order valence-electron chi connectivity index (χ4n) is 2.69. The minimum absolute atomic E-state index is 0.0277. The Morgan fingerprint density at radius 1 is 0.786 bits per heavy atom. The molecule has 0 aromatic heterocycles. The van der Waals surface area contributed by atoms with Gasteiger partial charge in [-0.1, -0.05) is 68.3 Å². The maximum absolute atomic E-state index is 13.7. The molecule has 2 aromatic rings. The van der Waals surface area contributed by atoms with Crippen molar-refractivity contribution >= 4 is 48.8 Å². The molecule has 0 fully saturated rings. The van der Waals surface area contributed by atoms with Gasteiger partial charge in [0.2, 0.25) is 0 Å². The first-order chi connectivity index (χ1) is 13.3. The van der Waals surface area contributed by atoms with E-state index in [1.807, 2.05) is 98.7 Å². The van der Waals surface area contributed by atoms with E-state index in [1.54, 1.807) is 0 Å². The van der Waals surface area contributed by atoms with E-state index in [2.05, 4.69) is 31.9 Å². The van der Waals surface area contributed by atoms with Crippen molar-refractivity contribution < 1.29 is 4.79 Å². The number of hydrogen-bond acceptors (Lipinski definition) is 3. The van der Waals surface area contributed by atoms with E-state index in [9.17, 15) is 4.79 Å². The number of benzene rings is 2. The summed E-state index contributed by atoms with van der Waals surface area (Å²) in [6.07, 6.45) is 4.01. The molecule has 148 valence electrons. The van der Waals surface area contributed by atoms with Crippen LogP contribution in [0.5, 0.6) is 0 Å². The predicted octanol–water partition coefficient (Wildman–Crippen LogP) is 5.37. The second kappa shape index (κ2) is 10.9. The Morgan fingerprint density at radius 3 is 1.50 bits per heavy atom. The smallest absolute Gasteiger partial charge is 0.193 e. The number of Topliss-reactive ketones (excluding diaryl/α,β-unsaturated/α-hetero) is 1. The third-order valence-electron chi connectivity index (χ3n) is 4.08. The molecule has 0 bridgehead atoms. The molecule has 3 nitrogen and oxygen atoms in total. The summed E-state index contributed by atoms with van der Waals surface area (Å²) in [5.74, 6) is 0.0277. The summed E-state index contributed by atoms with van der Waals surface area (Å²) >= 11 is 7.05. The molecule has 0 saturated carbocycles. The number of hydrogen-bond donors (Lipinski definition) is 0. The molecule has 2 rings (SSSR count). The Balaban J connectivity index is 2.55. The van der Waals surface area contributed by atoms with Crippen LogP contribution < -0.4 is 0 Å². The molecular formula is C23H26Br2N2O. The van der Waals surface area contributed by atoms with Crippen LogP contribution in [0, 0.1) is 0 Å². The van der Waals surface area contributed by atoms with Crippen molar-refractivity contribution in [3.05, 3.63) is 80.8 Å². The Kier molecular flexibility index (Phi) is 8.83. The van der Waals surface area contributed by atoms with Crippen LogP contribution in [0.1, 0.15) is 11.1 Å². The summed E-state index contributed by atoms with van der Waals surface area (Å²) in [7, 11) is 7.99. The van der Waals surface area contributed by atoms with E-state index in [-0.39, 0.29) is 5.78 Å². The van der Waals surface area contributed by atoms with Crippen molar-refractivity contribution in [2.75, 3.05) is 41.3 Å². The summed E-state index contributed by atoms with van der Waals surface area (Å²) in [5, 5.41) is 0. The van der Waals surface area contributed by atoms with E-state index >= 15 is 0 Å². The lowest BCUT2D eigenvalue weighted by Crippen LogP contribution is -2.15. The summed E-state index contributed by atoms with van der Waals surface area (Å²) in [4.78, 5) is 17.8. The Bertz CT molecular complexity index is 814. The molecule has 5 heteroatoms. The molecule has 28 heavy (non-hydrogen) atoms. The van der Waals surface area contributed by atoms with E-state index < -0.39 is 0 Å². The van der Waals surface area contributed by atoms with Crippen LogP contribution in [0.2, 0.25) is 0 Å². The zero-order valence-electron chi connectivity index (χ0n) is 16.7. The summed E-state index contributed by atoms with van der Waals surface area (Å²) in [6.45, 7) is 1.38. The summed E-state index contributed by atoms with van der Waals surface area (Å²) < 4.78 is 1.91. The van der Waals surface area contributed by atoms with E-state index in [4.69, 9.17) is 0 Å². The van der Waals surface area contributed by atoms with Gasteiger partial charge in [-0.3, -0.25) is 4.79 Å². The fraction of sp³-hybridized carbons (Fsp3) is 0.261. The second-order valence-corrected chi connectivity index (χ2v) is 8.94. The monoisotopic (exact) mass is 504 g/mol. The minimum atomic E-state index is 0.0277. The average molecular weight is 506 g/mol. The number of ketones is 1. The lowest BCUT2D eigenvalue weighted by Gasteiger charge is -2.15. The van der Waals surface area contributed by atoms with Crippen LogP contribution in [0.4, 0.5) is 0 Å². The zero-order chi connectivity index (χ0) is 20.7. The lowest BCUT2D eigenvalue weighted by molar-refractivity contribution is -0.108. The first kappa shape index (κ1) is 22.8. The van der Waals surface area contributed by atoms with Crippen molar-refractivity contribution in [1.29, 1.82) is 0 Å². The SMILES string of the molecule is CN(C)CC=C(C(=O)C(=CCN(C)C)c1cccc(Br)c1)c1cccc(Br)c1. The van der Waals surface area contributed by atoms with Gasteiger partial charge in [0.15, 0.2) is 5.78 Å². The number of halogens is 2. The Labute approximate surface area is 185 Å². The number of carbonyl (C=O) groups excluding carboxylic acids is 1.